The Hall–Kier alpha value is -2.08. The van der Waals surface area contributed by atoms with E-state index in [2.05, 4.69) is 21.3 Å². The average Bonchev–Trinajstić information content (AvgIpc) is 2.37. The van der Waals surface area contributed by atoms with Crippen LogP contribution in [-0.4, -0.2) is 31.6 Å². The standard InChI is InChI=1S/C14H22N4O2/c1-10(2)16-14(20)18-12-7-5-4-6-11(12)17-13(19)8-9-15-3/h4-7,10,15H,8-9H2,1-3H3,(H,17,19)(H2,16,18,20). The minimum absolute atomic E-state index is 0.0485. The van der Waals surface area contributed by atoms with Gasteiger partial charge in [0.1, 0.15) is 0 Å². The van der Waals surface area contributed by atoms with Gasteiger partial charge in [0.15, 0.2) is 0 Å². The van der Waals surface area contributed by atoms with E-state index in [-0.39, 0.29) is 18.0 Å². The molecular formula is C14H22N4O2. The molecule has 0 aromatic heterocycles. The number of para-hydroxylation sites is 2. The summed E-state index contributed by atoms with van der Waals surface area (Å²) in [4.78, 5) is 23.4. The zero-order valence-corrected chi connectivity index (χ0v) is 12.1. The van der Waals surface area contributed by atoms with E-state index in [0.717, 1.165) is 0 Å². The number of hydrogen-bond acceptors (Lipinski definition) is 3. The minimum Gasteiger partial charge on any atom is -0.336 e. The quantitative estimate of drug-likeness (QED) is 0.640. The Bertz CT molecular complexity index is 460. The largest absolute Gasteiger partial charge is 0.336 e. The van der Waals surface area contributed by atoms with Gasteiger partial charge in [-0.3, -0.25) is 4.79 Å². The molecule has 6 nitrogen and oxygen atoms in total. The number of nitrogens with one attached hydrogen (secondary N) is 4. The first kappa shape index (κ1) is 16.0. The van der Waals surface area contributed by atoms with Gasteiger partial charge in [-0.05, 0) is 33.0 Å². The van der Waals surface area contributed by atoms with Gasteiger partial charge in [0.2, 0.25) is 5.91 Å². The predicted octanol–water partition coefficient (Wildman–Crippen LogP) is 1.76. The molecule has 4 N–H and O–H groups in total. The molecule has 20 heavy (non-hydrogen) atoms. The zero-order valence-electron chi connectivity index (χ0n) is 12.1. The van der Waals surface area contributed by atoms with Crippen molar-refractivity contribution in [2.45, 2.75) is 26.3 Å². The maximum Gasteiger partial charge on any atom is 0.319 e. The first-order valence-corrected chi connectivity index (χ1v) is 6.64. The summed E-state index contributed by atoms with van der Waals surface area (Å²) < 4.78 is 0. The Balaban J connectivity index is 2.68. The molecule has 0 heterocycles. The molecule has 0 aliphatic carbocycles. The number of carbonyl (C=O) groups is 2. The monoisotopic (exact) mass is 278 g/mol. The first-order valence-electron chi connectivity index (χ1n) is 6.64. The predicted molar refractivity (Wildman–Crippen MR) is 80.9 cm³/mol. The van der Waals surface area contributed by atoms with Gasteiger partial charge in [-0.2, -0.15) is 0 Å². The first-order chi connectivity index (χ1) is 9.52. The number of urea groups is 1. The summed E-state index contributed by atoms with van der Waals surface area (Å²) >= 11 is 0. The molecule has 1 rings (SSSR count). The highest BCUT2D eigenvalue weighted by Crippen LogP contribution is 2.20. The summed E-state index contributed by atoms with van der Waals surface area (Å²) in [6.07, 6.45) is 0.378. The van der Waals surface area contributed by atoms with Crippen molar-refractivity contribution in [3.05, 3.63) is 24.3 Å². The summed E-state index contributed by atoms with van der Waals surface area (Å²) in [6.45, 7) is 4.37. The molecule has 0 fully saturated rings. The topological polar surface area (TPSA) is 82.3 Å². The van der Waals surface area contributed by atoms with E-state index in [9.17, 15) is 9.59 Å². The molecule has 0 saturated heterocycles. The van der Waals surface area contributed by atoms with Crippen molar-refractivity contribution in [1.82, 2.24) is 10.6 Å². The van der Waals surface area contributed by atoms with Crippen LogP contribution in [0, 0.1) is 0 Å². The number of amides is 3. The van der Waals surface area contributed by atoms with Gasteiger partial charge in [0.25, 0.3) is 0 Å². The Kier molecular flexibility index (Phi) is 6.52. The number of rotatable bonds is 6. The minimum atomic E-state index is -0.295. The number of anilines is 2. The van der Waals surface area contributed by atoms with Crippen LogP contribution in [0.25, 0.3) is 0 Å². The lowest BCUT2D eigenvalue weighted by atomic mass is 10.2. The van der Waals surface area contributed by atoms with Crippen LogP contribution in [0.5, 0.6) is 0 Å². The van der Waals surface area contributed by atoms with Crippen molar-refractivity contribution >= 4 is 23.3 Å². The molecule has 1 aromatic carbocycles. The molecule has 0 atom stereocenters. The molecule has 1 aromatic rings. The van der Waals surface area contributed by atoms with Gasteiger partial charge in [-0.15, -0.1) is 0 Å². The van der Waals surface area contributed by atoms with E-state index >= 15 is 0 Å². The van der Waals surface area contributed by atoms with E-state index in [4.69, 9.17) is 0 Å². The molecule has 110 valence electrons. The van der Waals surface area contributed by atoms with Crippen LogP contribution in [-0.2, 0) is 4.79 Å². The summed E-state index contributed by atoms with van der Waals surface area (Å²) in [6, 6.07) is 6.85. The zero-order chi connectivity index (χ0) is 15.0. The Morgan fingerprint density at radius 1 is 1.10 bits per heavy atom. The van der Waals surface area contributed by atoms with Crippen LogP contribution >= 0.6 is 0 Å². The highest BCUT2D eigenvalue weighted by molar-refractivity contribution is 5.99. The maximum absolute atomic E-state index is 11.7. The molecule has 0 aliphatic heterocycles. The molecule has 0 bridgehead atoms. The lowest BCUT2D eigenvalue weighted by Gasteiger charge is -2.14. The Morgan fingerprint density at radius 2 is 1.70 bits per heavy atom. The van der Waals surface area contributed by atoms with E-state index in [1.807, 2.05) is 13.8 Å². The van der Waals surface area contributed by atoms with Crippen LogP contribution in [0.2, 0.25) is 0 Å². The van der Waals surface area contributed by atoms with E-state index in [1.165, 1.54) is 0 Å². The van der Waals surface area contributed by atoms with E-state index in [0.29, 0.717) is 24.3 Å². The van der Waals surface area contributed by atoms with E-state index in [1.54, 1.807) is 31.3 Å². The van der Waals surface area contributed by atoms with Crippen LogP contribution < -0.4 is 21.3 Å². The molecule has 0 spiro atoms. The van der Waals surface area contributed by atoms with Crippen molar-refractivity contribution in [2.24, 2.45) is 0 Å². The fraction of sp³-hybridized carbons (Fsp3) is 0.429. The van der Waals surface area contributed by atoms with Gasteiger partial charge in [0.05, 0.1) is 11.4 Å². The van der Waals surface area contributed by atoms with Crippen LogP contribution in [0.4, 0.5) is 16.2 Å². The highest BCUT2D eigenvalue weighted by Gasteiger charge is 2.09. The summed E-state index contributed by atoms with van der Waals surface area (Å²) in [5.41, 5.74) is 1.16. The third-order valence-electron chi connectivity index (χ3n) is 2.47. The van der Waals surface area contributed by atoms with Crippen molar-refractivity contribution in [2.75, 3.05) is 24.2 Å². The number of hydrogen-bond donors (Lipinski definition) is 4. The maximum atomic E-state index is 11.7. The fourth-order valence-corrected chi connectivity index (χ4v) is 1.57. The summed E-state index contributed by atoms with van der Waals surface area (Å²) in [5.74, 6) is -0.0992. The molecule has 0 radical (unpaired) electrons. The highest BCUT2D eigenvalue weighted by atomic mass is 16.2. The summed E-state index contributed by atoms with van der Waals surface area (Å²) in [5, 5.41) is 11.2. The second-order valence-corrected chi connectivity index (χ2v) is 4.70. The van der Waals surface area contributed by atoms with Gasteiger partial charge >= 0.3 is 6.03 Å². The second kappa shape index (κ2) is 8.16. The van der Waals surface area contributed by atoms with Crippen molar-refractivity contribution < 1.29 is 9.59 Å². The summed E-state index contributed by atoms with van der Waals surface area (Å²) in [7, 11) is 1.79. The van der Waals surface area contributed by atoms with Crippen molar-refractivity contribution in [3.8, 4) is 0 Å². The Morgan fingerprint density at radius 3 is 2.25 bits per heavy atom. The van der Waals surface area contributed by atoms with Crippen LogP contribution in [0.3, 0.4) is 0 Å². The van der Waals surface area contributed by atoms with Crippen LogP contribution in [0.15, 0.2) is 24.3 Å². The molecule has 3 amide bonds. The number of benzene rings is 1. The third-order valence-corrected chi connectivity index (χ3v) is 2.47. The normalized spacial score (nSPS) is 10.2. The van der Waals surface area contributed by atoms with Crippen molar-refractivity contribution in [3.63, 3.8) is 0 Å². The van der Waals surface area contributed by atoms with E-state index < -0.39 is 0 Å². The van der Waals surface area contributed by atoms with Gasteiger partial charge < -0.3 is 21.3 Å². The third kappa shape index (κ3) is 5.71. The second-order valence-electron chi connectivity index (χ2n) is 4.70. The average molecular weight is 278 g/mol. The SMILES string of the molecule is CNCCC(=O)Nc1ccccc1NC(=O)NC(C)C. The van der Waals surface area contributed by atoms with Crippen LogP contribution in [0.1, 0.15) is 20.3 Å². The van der Waals surface area contributed by atoms with Gasteiger partial charge in [-0.25, -0.2) is 4.79 Å². The molecule has 0 aliphatic rings. The van der Waals surface area contributed by atoms with Gasteiger partial charge in [0, 0.05) is 19.0 Å². The number of carbonyl (C=O) groups excluding carboxylic acids is 2. The lowest BCUT2D eigenvalue weighted by Crippen LogP contribution is -2.34. The molecule has 0 unspecified atom stereocenters. The molecule has 6 heteroatoms. The Labute approximate surface area is 119 Å². The fourth-order valence-electron chi connectivity index (χ4n) is 1.57. The molecule has 0 saturated carbocycles. The molecular weight excluding hydrogens is 256 g/mol. The smallest absolute Gasteiger partial charge is 0.319 e. The van der Waals surface area contributed by atoms with Gasteiger partial charge in [-0.1, -0.05) is 12.1 Å². The van der Waals surface area contributed by atoms with Crippen molar-refractivity contribution in [1.29, 1.82) is 0 Å². The lowest BCUT2D eigenvalue weighted by molar-refractivity contribution is -0.116.